The van der Waals surface area contributed by atoms with Crippen molar-refractivity contribution in [2.24, 2.45) is 10.7 Å². The van der Waals surface area contributed by atoms with E-state index in [0.29, 0.717) is 31.5 Å². The fraction of sp³-hybridized carbons (Fsp3) is 0.278. The van der Waals surface area contributed by atoms with Crippen molar-refractivity contribution in [2.45, 2.75) is 13.0 Å². The number of fused-ring (bicyclic) bond motifs is 1. The van der Waals surface area contributed by atoms with Crippen LogP contribution in [-0.4, -0.2) is 26.3 Å². The van der Waals surface area contributed by atoms with Gasteiger partial charge in [-0.05, 0) is 18.2 Å². The molecule has 25 heavy (non-hydrogen) atoms. The predicted molar refractivity (Wildman–Crippen MR) is 109 cm³/mol. The summed E-state index contributed by atoms with van der Waals surface area (Å²) < 4.78 is 16.8. The molecule has 3 rings (SSSR count). The third-order valence-electron chi connectivity index (χ3n) is 3.64. The molecule has 2 aromatic carbocycles. The van der Waals surface area contributed by atoms with Crippen molar-refractivity contribution >= 4 is 35.6 Å². The second-order valence-corrected chi connectivity index (χ2v) is 5.32. The molecule has 0 atom stereocenters. The number of anilines is 1. The van der Waals surface area contributed by atoms with E-state index in [1.54, 1.807) is 7.11 Å². The number of methoxy groups -OCH3 is 1. The zero-order valence-corrected chi connectivity index (χ0v) is 16.4. The molecule has 2 aromatic rings. The minimum absolute atomic E-state index is 0. The quantitative estimate of drug-likeness (QED) is 0.420. The molecule has 0 unspecified atom stereocenters. The van der Waals surface area contributed by atoms with Crippen LogP contribution in [0.2, 0.25) is 0 Å². The first-order valence-corrected chi connectivity index (χ1v) is 7.85. The van der Waals surface area contributed by atoms with E-state index in [2.05, 4.69) is 10.3 Å². The van der Waals surface area contributed by atoms with Crippen LogP contribution < -0.4 is 25.3 Å². The Bertz CT molecular complexity index is 737. The van der Waals surface area contributed by atoms with Crippen LogP contribution in [0.3, 0.4) is 0 Å². The van der Waals surface area contributed by atoms with Crippen LogP contribution in [0.15, 0.2) is 47.5 Å². The third kappa shape index (κ3) is 4.91. The number of para-hydroxylation sites is 3. The van der Waals surface area contributed by atoms with Crippen molar-refractivity contribution in [1.82, 2.24) is 0 Å². The Morgan fingerprint density at radius 3 is 2.80 bits per heavy atom. The molecule has 6 nitrogen and oxygen atoms in total. The molecular formula is C18H22IN3O3. The first-order chi connectivity index (χ1) is 11.8. The van der Waals surface area contributed by atoms with Gasteiger partial charge < -0.3 is 25.3 Å². The first-order valence-electron chi connectivity index (χ1n) is 7.85. The van der Waals surface area contributed by atoms with Crippen molar-refractivity contribution in [2.75, 3.05) is 25.6 Å². The largest absolute Gasteiger partial charge is 0.495 e. The molecule has 0 fully saturated rings. The highest BCUT2D eigenvalue weighted by Gasteiger charge is 2.14. The molecule has 0 aromatic heterocycles. The van der Waals surface area contributed by atoms with Gasteiger partial charge in [-0.25, -0.2) is 4.99 Å². The minimum atomic E-state index is 0. The molecule has 134 valence electrons. The number of benzene rings is 2. The van der Waals surface area contributed by atoms with Gasteiger partial charge in [0.2, 0.25) is 0 Å². The maximum absolute atomic E-state index is 6.00. The highest BCUT2D eigenvalue weighted by Crippen LogP contribution is 2.33. The second kappa shape index (κ2) is 9.36. The SMILES string of the molecule is COc1ccccc1NC(N)=NCc1cccc2c1OCCCO2.I. The fourth-order valence-corrected chi connectivity index (χ4v) is 2.47. The Labute approximate surface area is 164 Å². The summed E-state index contributed by atoms with van der Waals surface area (Å²) >= 11 is 0. The van der Waals surface area contributed by atoms with E-state index in [1.807, 2.05) is 42.5 Å². The van der Waals surface area contributed by atoms with Gasteiger partial charge in [0.25, 0.3) is 0 Å². The number of nitrogens with one attached hydrogen (secondary N) is 1. The van der Waals surface area contributed by atoms with E-state index >= 15 is 0 Å². The van der Waals surface area contributed by atoms with Crippen molar-refractivity contribution in [1.29, 1.82) is 0 Å². The van der Waals surface area contributed by atoms with E-state index < -0.39 is 0 Å². The number of aliphatic imine (C=N–C) groups is 1. The van der Waals surface area contributed by atoms with Gasteiger partial charge in [0.05, 0.1) is 32.6 Å². The van der Waals surface area contributed by atoms with Gasteiger partial charge in [0, 0.05) is 12.0 Å². The summed E-state index contributed by atoms with van der Waals surface area (Å²) in [6.07, 6.45) is 0.870. The lowest BCUT2D eigenvalue weighted by Gasteiger charge is -2.12. The van der Waals surface area contributed by atoms with Crippen molar-refractivity contribution < 1.29 is 14.2 Å². The maximum atomic E-state index is 6.00. The van der Waals surface area contributed by atoms with Gasteiger partial charge in [-0.3, -0.25) is 0 Å². The summed E-state index contributed by atoms with van der Waals surface area (Å²) in [6, 6.07) is 13.3. The van der Waals surface area contributed by atoms with Gasteiger partial charge in [-0.15, -0.1) is 24.0 Å². The third-order valence-corrected chi connectivity index (χ3v) is 3.64. The first kappa shape index (κ1) is 19.2. The number of nitrogens with two attached hydrogens (primary N) is 1. The van der Waals surface area contributed by atoms with Gasteiger partial charge in [-0.1, -0.05) is 24.3 Å². The van der Waals surface area contributed by atoms with Gasteiger partial charge in [-0.2, -0.15) is 0 Å². The zero-order chi connectivity index (χ0) is 16.8. The van der Waals surface area contributed by atoms with Crippen LogP contribution in [0, 0.1) is 0 Å². The minimum Gasteiger partial charge on any atom is -0.495 e. The summed E-state index contributed by atoms with van der Waals surface area (Å²) in [7, 11) is 1.62. The zero-order valence-electron chi connectivity index (χ0n) is 14.0. The number of hydrogen-bond donors (Lipinski definition) is 2. The van der Waals surface area contributed by atoms with E-state index in [-0.39, 0.29) is 24.0 Å². The van der Waals surface area contributed by atoms with E-state index in [1.165, 1.54) is 0 Å². The second-order valence-electron chi connectivity index (χ2n) is 5.32. The average Bonchev–Trinajstić information content (AvgIpc) is 2.86. The van der Waals surface area contributed by atoms with Crippen LogP contribution in [-0.2, 0) is 6.54 Å². The fourth-order valence-electron chi connectivity index (χ4n) is 2.47. The Hall–Kier alpha value is -2.16. The molecule has 0 spiro atoms. The Kier molecular flexibility index (Phi) is 7.17. The topological polar surface area (TPSA) is 78.1 Å². The monoisotopic (exact) mass is 455 g/mol. The molecule has 0 saturated heterocycles. The molecule has 0 aliphatic carbocycles. The molecule has 1 aliphatic heterocycles. The summed E-state index contributed by atoms with van der Waals surface area (Å²) in [5.74, 6) is 2.54. The number of ether oxygens (including phenoxy) is 3. The normalized spacial score (nSPS) is 13.4. The van der Waals surface area contributed by atoms with E-state index in [9.17, 15) is 0 Å². The van der Waals surface area contributed by atoms with Crippen LogP contribution in [0.5, 0.6) is 17.2 Å². The molecule has 1 heterocycles. The van der Waals surface area contributed by atoms with Gasteiger partial charge in [0.15, 0.2) is 17.5 Å². The number of hydrogen-bond acceptors (Lipinski definition) is 4. The van der Waals surface area contributed by atoms with Gasteiger partial charge >= 0.3 is 0 Å². The summed E-state index contributed by atoms with van der Waals surface area (Å²) in [4.78, 5) is 4.40. The molecule has 0 saturated carbocycles. The van der Waals surface area contributed by atoms with E-state index in [4.69, 9.17) is 19.9 Å². The Morgan fingerprint density at radius 1 is 1.16 bits per heavy atom. The highest BCUT2D eigenvalue weighted by atomic mass is 127. The van der Waals surface area contributed by atoms with E-state index in [0.717, 1.165) is 29.2 Å². The van der Waals surface area contributed by atoms with Crippen LogP contribution in [0.1, 0.15) is 12.0 Å². The molecule has 7 heteroatoms. The standard InChI is InChI=1S/C18H21N3O3.HI/c1-22-15-8-3-2-7-14(15)21-18(19)20-12-13-6-4-9-16-17(13)24-11-5-10-23-16;/h2-4,6-9H,5,10-12H2,1H3,(H3,19,20,21);1H. The van der Waals surface area contributed by atoms with Crippen molar-refractivity contribution in [3.05, 3.63) is 48.0 Å². The number of rotatable bonds is 4. The molecule has 1 aliphatic rings. The molecule has 0 radical (unpaired) electrons. The van der Waals surface area contributed by atoms with Gasteiger partial charge in [0.1, 0.15) is 5.75 Å². The lowest BCUT2D eigenvalue weighted by atomic mass is 10.2. The maximum Gasteiger partial charge on any atom is 0.193 e. The van der Waals surface area contributed by atoms with Crippen LogP contribution >= 0.6 is 24.0 Å². The average molecular weight is 455 g/mol. The Balaban J connectivity index is 0.00000225. The molecular weight excluding hydrogens is 433 g/mol. The van der Waals surface area contributed by atoms with Crippen molar-refractivity contribution in [3.63, 3.8) is 0 Å². The molecule has 3 N–H and O–H groups in total. The predicted octanol–water partition coefficient (Wildman–Crippen LogP) is 3.40. The summed E-state index contributed by atoms with van der Waals surface area (Å²) in [5.41, 5.74) is 7.71. The summed E-state index contributed by atoms with van der Waals surface area (Å²) in [5, 5.41) is 3.05. The van der Waals surface area contributed by atoms with Crippen molar-refractivity contribution in [3.8, 4) is 17.2 Å². The van der Waals surface area contributed by atoms with Crippen LogP contribution in [0.25, 0.3) is 0 Å². The Morgan fingerprint density at radius 2 is 1.96 bits per heavy atom. The highest BCUT2D eigenvalue weighted by molar-refractivity contribution is 14.0. The number of nitrogens with zero attached hydrogens (tertiary/aromatic N) is 1. The molecule has 0 bridgehead atoms. The number of guanidine groups is 1. The van der Waals surface area contributed by atoms with Crippen LogP contribution in [0.4, 0.5) is 5.69 Å². The summed E-state index contributed by atoms with van der Waals surface area (Å²) in [6.45, 7) is 1.71. The lowest BCUT2D eigenvalue weighted by molar-refractivity contribution is 0.296. The smallest absolute Gasteiger partial charge is 0.193 e. The molecule has 0 amide bonds. The lowest BCUT2D eigenvalue weighted by Crippen LogP contribution is -2.23. The number of halogens is 1.